The summed E-state index contributed by atoms with van der Waals surface area (Å²) in [6.07, 6.45) is 0. The largest absolute Gasteiger partial charge is 0.462 e. The van der Waals surface area contributed by atoms with E-state index in [0.717, 1.165) is 17.1 Å². The molecular formula is C15H18ClN3O2S. The summed E-state index contributed by atoms with van der Waals surface area (Å²) in [7, 11) is 1.87. The predicted octanol–water partition coefficient (Wildman–Crippen LogP) is 3.27. The smallest absolute Gasteiger partial charge is 0.352 e. The molecule has 0 aliphatic carbocycles. The molecule has 1 heterocycles. The van der Waals surface area contributed by atoms with Gasteiger partial charge < -0.3 is 15.4 Å². The van der Waals surface area contributed by atoms with Gasteiger partial charge >= 0.3 is 5.97 Å². The van der Waals surface area contributed by atoms with Crippen molar-refractivity contribution in [2.24, 2.45) is 0 Å². The molecule has 0 aliphatic rings. The van der Waals surface area contributed by atoms with Gasteiger partial charge in [-0.3, -0.25) is 0 Å². The molecule has 22 heavy (non-hydrogen) atoms. The van der Waals surface area contributed by atoms with Gasteiger partial charge in [-0.25, -0.2) is 9.78 Å². The van der Waals surface area contributed by atoms with E-state index in [0.29, 0.717) is 28.9 Å². The number of nitrogens with zero attached hydrogens (tertiary/aromatic N) is 1. The van der Waals surface area contributed by atoms with Crippen LogP contribution in [-0.4, -0.2) is 37.7 Å². The third kappa shape index (κ3) is 4.19. The second-order valence-corrected chi connectivity index (χ2v) is 5.89. The Morgan fingerprint density at radius 3 is 2.68 bits per heavy atom. The summed E-state index contributed by atoms with van der Waals surface area (Å²) in [4.78, 5) is 17.1. The maximum atomic E-state index is 12.1. The fraction of sp³-hybridized carbons (Fsp3) is 0.333. The monoisotopic (exact) mass is 339 g/mol. The Kier molecular flexibility index (Phi) is 6.18. The van der Waals surface area contributed by atoms with Crippen LogP contribution in [0.5, 0.6) is 0 Å². The van der Waals surface area contributed by atoms with Gasteiger partial charge in [-0.15, -0.1) is 11.3 Å². The summed E-state index contributed by atoms with van der Waals surface area (Å²) in [5, 5.41) is 7.63. The Balaban J connectivity index is 2.29. The first-order valence-electron chi connectivity index (χ1n) is 6.98. The Morgan fingerprint density at radius 1 is 1.32 bits per heavy atom. The zero-order chi connectivity index (χ0) is 15.9. The van der Waals surface area contributed by atoms with Gasteiger partial charge in [0.1, 0.15) is 5.01 Å². The van der Waals surface area contributed by atoms with E-state index in [1.807, 2.05) is 19.2 Å². The number of nitrogens with one attached hydrogen (secondary N) is 2. The van der Waals surface area contributed by atoms with Crippen molar-refractivity contribution >= 4 is 34.7 Å². The molecule has 118 valence electrons. The number of hydrogen-bond acceptors (Lipinski definition) is 6. The van der Waals surface area contributed by atoms with E-state index in [4.69, 9.17) is 16.3 Å². The van der Waals surface area contributed by atoms with Crippen LogP contribution >= 0.6 is 22.9 Å². The van der Waals surface area contributed by atoms with E-state index >= 15 is 0 Å². The Labute approximate surface area is 138 Å². The molecule has 0 saturated heterocycles. The standard InChI is InChI=1S/C15H18ClN3O2S/c1-3-21-15(20)12-13(18-9-8-17-2)19-14(22-12)10-4-6-11(16)7-5-10/h4-7,17-18H,3,8-9H2,1-2H3. The van der Waals surface area contributed by atoms with Crippen LogP contribution in [0.2, 0.25) is 5.02 Å². The van der Waals surface area contributed by atoms with Crippen LogP contribution in [0, 0.1) is 0 Å². The quantitative estimate of drug-likeness (QED) is 0.598. The molecule has 1 aromatic heterocycles. The number of likely N-dealkylation sites (N-methyl/N-ethyl adjacent to an activating group) is 1. The lowest BCUT2D eigenvalue weighted by atomic mass is 10.2. The first kappa shape index (κ1) is 16.7. The number of aromatic nitrogens is 1. The zero-order valence-corrected chi connectivity index (χ0v) is 14.1. The second-order valence-electron chi connectivity index (χ2n) is 4.45. The molecule has 7 heteroatoms. The van der Waals surface area contributed by atoms with Gasteiger partial charge in [0.2, 0.25) is 0 Å². The van der Waals surface area contributed by atoms with Crippen molar-refractivity contribution in [2.75, 3.05) is 32.1 Å². The van der Waals surface area contributed by atoms with Gasteiger partial charge in [-0.1, -0.05) is 23.7 Å². The predicted molar refractivity (Wildman–Crippen MR) is 90.9 cm³/mol. The molecule has 0 atom stereocenters. The Morgan fingerprint density at radius 2 is 2.05 bits per heavy atom. The number of carbonyl (C=O) groups is 1. The summed E-state index contributed by atoms with van der Waals surface area (Å²) in [5.41, 5.74) is 0.918. The highest BCUT2D eigenvalue weighted by Crippen LogP contribution is 2.32. The SMILES string of the molecule is CCOC(=O)c1sc(-c2ccc(Cl)cc2)nc1NCCNC. The van der Waals surface area contributed by atoms with E-state index in [9.17, 15) is 4.79 Å². The summed E-state index contributed by atoms with van der Waals surface area (Å²) >= 11 is 7.21. The minimum Gasteiger partial charge on any atom is -0.462 e. The molecule has 0 fully saturated rings. The maximum absolute atomic E-state index is 12.1. The number of carbonyl (C=O) groups excluding carboxylic acids is 1. The highest BCUT2D eigenvalue weighted by Gasteiger charge is 2.19. The third-order valence-electron chi connectivity index (χ3n) is 2.85. The number of ether oxygens (including phenoxy) is 1. The van der Waals surface area contributed by atoms with Crippen molar-refractivity contribution < 1.29 is 9.53 Å². The third-order valence-corrected chi connectivity index (χ3v) is 4.18. The lowest BCUT2D eigenvalue weighted by molar-refractivity contribution is 0.0533. The van der Waals surface area contributed by atoms with E-state index in [-0.39, 0.29) is 5.97 Å². The number of anilines is 1. The zero-order valence-electron chi connectivity index (χ0n) is 12.5. The molecule has 2 aromatic rings. The molecule has 0 unspecified atom stereocenters. The first-order valence-corrected chi connectivity index (χ1v) is 8.17. The summed E-state index contributed by atoms with van der Waals surface area (Å²) in [6.45, 7) is 3.57. The van der Waals surface area contributed by atoms with Gasteiger partial charge in [-0.2, -0.15) is 0 Å². The van der Waals surface area contributed by atoms with Gasteiger partial charge in [0.15, 0.2) is 10.7 Å². The van der Waals surface area contributed by atoms with Crippen LogP contribution in [0.1, 0.15) is 16.6 Å². The Bertz CT molecular complexity index is 628. The number of esters is 1. The van der Waals surface area contributed by atoms with Gasteiger partial charge in [0, 0.05) is 23.7 Å². The van der Waals surface area contributed by atoms with Crippen molar-refractivity contribution in [1.82, 2.24) is 10.3 Å². The molecule has 0 saturated carbocycles. The van der Waals surface area contributed by atoms with Crippen LogP contribution in [0.25, 0.3) is 10.6 Å². The van der Waals surface area contributed by atoms with Crippen LogP contribution in [0.15, 0.2) is 24.3 Å². The highest BCUT2D eigenvalue weighted by atomic mass is 35.5. The Hall–Kier alpha value is -1.63. The minimum absolute atomic E-state index is 0.336. The molecule has 2 rings (SSSR count). The molecule has 1 aromatic carbocycles. The number of halogens is 1. The van der Waals surface area contributed by atoms with Crippen molar-refractivity contribution in [2.45, 2.75) is 6.92 Å². The normalized spacial score (nSPS) is 10.5. The van der Waals surface area contributed by atoms with Gasteiger partial charge in [-0.05, 0) is 26.1 Å². The van der Waals surface area contributed by atoms with Crippen LogP contribution in [0.3, 0.4) is 0 Å². The van der Waals surface area contributed by atoms with E-state index in [1.165, 1.54) is 11.3 Å². The highest BCUT2D eigenvalue weighted by molar-refractivity contribution is 7.17. The number of rotatable bonds is 7. The molecule has 5 nitrogen and oxygen atoms in total. The molecule has 0 radical (unpaired) electrons. The van der Waals surface area contributed by atoms with Crippen molar-refractivity contribution in [3.63, 3.8) is 0 Å². The topological polar surface area (TPSA) is 63.2 Å². The molecule has 2 N–H and O–H groups in total. The van der Waals surface area contributed by atoms with E-state index in [2.05, 4.69) is 15.6 Å². The number of benzene rings is 1. The van der Waals surface area contributed by atoms with Crippen molar-refractivity contribution in [1.29, 1.82) is 0 Å². The van der Waals surface area contributed by atoms with Crippen LogP contribution < -0.4 is 10.6 Å². The van der Waals surface area contributed by atoms with Crippen molar-refractivity contribution in [3.05, 3.63) is 34.2 Å². The fourth-order valence-electron chi connectivity index (χ4n) is 1.80. The van der Waals surface area contributed by atoms with Gasteiger partial charge in [0.25, 0.3) is 0 Å². The average molecular weight is 340 g/mol. The molecule has 0 aliphatic heterocycles. The summed E-state index contributed by atoms with van der Waals surface area (Å²) in [5.74, 6) is 0.204. The first-order chi connectivity index (χ1) is 10.7. The van der Waals surface area contributed by atoms with Gasteiger partial charge in [0.05, 0.1) is 6.61 Å². The minimum atomic E-state index is -0.354. The van der Waals surface area contributed by atoms with Crippen LogP contribution in [-0.2, 0) is 4.74 Å². The summed E-state index contributed by atoms with van der Waals surface area (Å²) < 4.78 is 5.10. The molecule has 0 bridgehead atoms. The van der Waals surface area contributed by atoms with Crippen LogP contribution in [0.4, 0.5) is 5.82 Å². The average Bonchev–Trinajstić information content (AvgIpc) is 2.93. The molecular weight excluding hydrogens is 322 g/mol. The van der Waals surface area contributed by atoms with Crippen molar-refractivity contribution in [3.8, 4) is 10.6 Å². The second kappa shape index (κ2) is 8.12. The van der Waals surface area contributed by atoms with E-state index < -0.39 is 0 Å². The molecule has 0 amide bonds. The van der Waals surface area contributed by atoms with E-state index in [1.54, 1.807) is 19.1 Å². The maximum Gasteiger partial charge on any atom is 0.352 e. The lowest BCUT2D eigenvalue weighted by Gasteiger charge is -2.05. The number of thiazole rings is 1. The fourth-order valence-corrected chi connectivity index (χ4v) is 2.86. The molecule has 0 spiro atoms. The lowest BCUT2D eigenvalue weighted by Crippen LogP contribution is -2.19. The number of hydrogen-bond donors (Lipinski definition) is 2. The summed E-state index contributed by atoms with van der Waals surface area (Å²) in [6, 6.07) is 7.37.